The Morgan fingerprint density at radius 1 is 0.532 bits per heavy atom. The minimum absolute atomic E-state index is 0.0881. The first kappa shape index (κ1) is 27.6. The third kappa shape index (κ3) is 4.46. The molecule has 0 aliphatic heterocycles. The second-order valence-corrected chi connectivity index (χ2v) is 13.3. The average molecular weight is 602 g/mol. The third-order valence-electron chi connectivity index (χ3n) is 10.2. The average Bonchev–Trinajstić information content (AvgIpc) is 3.27. The van der Waals surface area contributed by atoms with Gasteiger partial charge >= 0.3 is 0 Å². The Morgan fingerprint density at radius 3 is 2.15 bits per heavy atom. The smallest absolute Gasteiger partial charge is 0.0546 e. The molecule has 224 valence electrons. The monoisotopic (exact) mass is 601 g/mol. The molecule has 0 saturated heterocycles. The Bertz CT molecular complexity index is 2470. The van der Waals surface area contributed by atoms with Gasteiger partial charge in [-0.25, -0.2) is 0 Å². The lowest BCUT2D eigenvalue weighted by atomic mass is 9.82. The molecule has 0 fully saturated rings. The van der Waals surface area contributed by atoms with E-state index in [2.05, 4.69) is 183 Å². The van der Waals surface area contributed by atoms with E-state index in [1.54, 1.807) is 0 Å². The van der Waals surface area contributed by atoms with Crippen LogP contribution in [-0.2, 0) is 5.41 Å². The number of anilines is 3. The summed E-state index contributed by atoms with van der Waals surface area (Å²) in [4.78, 5) is 2.48. The summed E-state index contributed by atoms with van der Waals surface area (Å²) in [5.74, 6) is 0. The summed E-state index contributed by atoms with van der Waals surface area (Å²) in [6, 6.07) is 49.7. The zero-order valence-electron chi connectivity index (χ0n) is 26.7. The maximum Gasteiger partial charge on any atom is 0.0546 e. The minimum Gasteiger partial charge on any atom is -0.310 e. The normalized spacial score (nSPS) is 14.6. The molecule has 2 aliphatic rings. The lowest BCUT2D eigenvalue weighted by Gasteiger charge is -2.30. The van der Waals surface area contributed by atoms with Crippen LogP contribution in [0.2, 0.25) is 0 Å². The molecular weight excluding hydrogens is 567 g/mol. The molecule has 0 bridgehead atoms. The molecule has 0 amide bonds. The lowest BCUT2D eigenvalue weighted by molar-refractivity contribution is 0.660. The molecule has 0 unspecified atom stereocenters. The highest BCUT2D eigenvalue weighted by Gasteiger charge is 2.35. The van der Waals surface area contributed by atoms with Gasteiger partial charge in [0.2, 0.25) is 0 Å². The SMILES string of the molecule is CC1(C)c2ccccc2-c2ccc(N(c3ccc4cc(C5=CC=CCC=C5)ccc4c3)c3cc4ccccc4c4ccccc34)cc21. The molecule has 0 atom stereocenters. The van der Waals surface area contributed by atoms with Crippen molar-refractivity contribution in [3.05, 3.63) is 181 Å². The van der Waals surface area contributed by atoms with Gasteiger partial charge in [0.1, 0.15) is 0 Å². The highest BCUT2D eigenvalue weighted by Crippen LogP contribution is 2.51. The second kappa shape index (κ2) is 10.7. The summed E-state index contributed by atoms with van der Waals surface area (Å²) < 4.78 is 0. The van der Waals surface area contributed by atoms with Gasteiger partial charge in [-0.15, -0.1) is 0 Å². The van der Waals surface area contributed by atoms with Crippen molar-refractivity contribution < 1.29 is 0 Å². The Morgan fingerprint density at radius 2 is 1.23 bits per heavy atom. The molecule has 0 heterocycles. The Kier molecular flexibility index (Phi) is 6.30. The van der Waals surface area contributed by atoms with Crippen molar-refractivity contribution in [2.45, 2.75) is 25.7 Å². The van der Waals surface area contributed by atoms with Crippen LogP contribution in [0, 0.1) is 0 Å². The van der Waals surface area contributed by atoms with Crippen LogP contribution in [0.5, 0.6) is 0 Å². The molecule has 0 saturated carbocycles. The molecule has 1 nitrogen and oxygen atoms in total. The van der Waals surface area contributed by atoms with E-state index in [1.807, 2.05) is 0 Å². The quantitative estimate of drug-likeness (QED) is 0.181. The van der Waals surface area contributed by atoms with Crippen molar-refractivity contribution in [3.8, 4) is 11.1 Å². The fourth-order valence-electron chi connectivity index (χ4n) is 7.80. The van der Waals surface area contributed by atoms with E-state index in [0.29, 0.717) is 0 Å². The summed E-state index contributed by atoms with van der Waals surface area (Å²) in [7, 11) is 0. The van der Waals surface area contributed by atoms with E-state index in [4.69, 9.17) is 0 Å². The number of fused-ring (bicyclic) bond motifs is 7. The van der Waals surface area contributed by atoms with Crippen LogP contribution in [0.1, 0.15) is 37.0 Å². The van der Waals surface area contributed by atoms with Crippen LogP contribution >= 0.6 is 0 Å². The molecule has 7 aromatic rings. The second-order valence-electron chi connectivity index (χ2n) is 13.3. The van der Waals surface area contributed by atoms with E-state index in [1.165, 1.54) is 77.1 Å². The molecule has 0 radical (unpaired) electrons. The molecular formula is C46H35N. The van der Waals surface area contributed by atoms with Crippen molar-refractivity contribution in [2.24, 2.45) is 0 Å². The molecule has 9 rings (SSSR count). The molecule has 7 aromatic carbocycles. The van der Waals surface area contributed by atoms with Gasteiger partial charge in [0, 0.05) is 22.2 Å². The minimum atomic E-state index is -0.0881. The van der Waals surface area contributed by atoms with Gasteiger partial charge < -0.3 is 4.90 Å². The Labute approximate surface area is 276 Å². The lowest BCUT2D eigenvalue weighted by Crippen LogP contribution is -2.16. The molecule has 47 heavy (non-hydrogen) atoms. The largest absolute Gasteiger partial charge is 0.310 e. The van der Waals surface area contributed by atoms with Gasteiger partial charge in [0.15, 0.2) is 0 Å². The van der Waals surface area contributed by atoms with Gasteiger partial charge in [0.25, 0.3) is 0 Å². The fraction of sp³-hybridized carbons (Fsp3) is 0.0870. The van der Waals surface area contributed by atoms with Crippen LogP contribution in [0.4, 0.5) is 17.1 Å². The molecule has 1 heteroatoms. The molecule has 0 N–H and O–H groups in total. The fourth-order valence-corrected chi connectivity index (χ4v) is 7.80. The zero-order valence-corrected chi connectivity index (χ0v) is 26.7. The third-order valence-corrected chi connectivity index (χ3v) is 10.2. The van der Waals surface area contributed by atoms with Crippen molar-refractivity contribution in [1.82, 2.24) is 0 Å². The number of hydrogen-bond donors (Lipinski definition) is 0. The molecule has 2 aliphatic carbocycles. The van der Waals surface area contributed by atoms with Crippen molar-refractivity contribution in [2.75, 3.05) is 4.90 Å². The Hall–Kier alpha value is -5.66. The van der Waals surface area contributed by atoms with Crippen LogP contribution in [0.3, 0.4) is 0 Å². The maximum absolute atomic E-state index is 2.48. The zero-order chi connectivity index (χ0) is 31.5. The highest BCUT2D eigenvalue weighted by molar-refractivity contribution is 6.14. The van der Waals surface area contributed by atoms with Crippen LogP contribution in [0.25, 0.3) is 49.0 Å². The summed E-state index contributed by atoms with van der Waals surface area (Å²) in [6.45, 7) is 4.72. The van der Waals surface area contributed by atoms with E-state index in [9.17, 15) is 0 Å². The van der Waals surface area contributed by atoms with E-state index < -0.39 is 0 Å². The van der Waals surface area contributed by atoms with Gasteiger partial charge in [-0.2, -0.15) is 0 Å². The summed E-state index contributed by atoms with van der Waals surface area (Å²) in [6.07, 6.45) is 12.0. The first-order valence-electron chi connectivity index (χ1n) is 16.6. The number of nitrogens with zero attached hydrogens (tertiary/aromatic N) is 1. The van der Waals surface area contributed by atoms with Gasteiger partial charge in [0.05, 0.1) is 5.69 Å². The van der Waals surface area contributed by atoms with Crippen molar-refractivity contribution in [1.29, 1.82) is 0 Å². The number of rotatable bonds is 4. The van der Waals surface area contributed by atoms with Crippen LogP contribution < -0.4 is 4.90 Å². The highest BCUT2D eigenvalue weighted by atomic mass is 15.1. The summed E-state index contributed by atoms with van der Waals surface area (Å²) >= 11 is 0. The van der Waals surface area contributed by atoms with Gasteiger partial charge in [-0.1, -0.05) is 141 Å². The predicted octanol–water partition coefficient (Wildman–Crippen LogP) is 12.8. The predicted molar refractivity (Wildman–Crippen MR) is 202 cm³/mol. The van der Waals surface area contributed by atoms with E-state index in [-0.39, 0.29) is 5.41 Å². The first-order valence-corrected chi connectivity index (χ1v) is 16.6. The maximum atomic E-state index is 2.48. The number of hydrogen-bond acceptors (Lipinski definition) is 1. The van der Waals surface area contributed by atoms with Gasteiger partial charge in [-0.3, -0.25) is 0 Å². The number of allylic oxidation sites excluding steroid dienone is 6. The first-order chi connectivity index (χ1) is 23.1. The summed E-state index contributed by atoms with van der Waals surface area (Å²) in [5, 5.41) is 7.49. The molecule has 0 spiro atoms. The van der Waals surface area contributed by atoms with E-state index >= 15 is 0 Å². The summed E-state index contributed by atoms with van der Waals surface area (Å²) in [5.41, 5.74) is 11.3. The topological polar surface area (TPSA) is 3.24 Å². The van der Waals surface area contributed by atoms with Crippen molar-refractivity contribution in [3.63, 3.8) is 0 Å². The van der Waals surface area contributed by atoms with Crippen LogP contribution in [-0.4, -0.2) is 0 Å². The van der Waals surface area contributed by atoms with Crippen LogP contribution in [0.15, 0.2) is 164 Å². The molecule has 0 aromatic heterocycles. The van der Waals surface area contributed by atoms with E-state index in [0.717, 1.165) is 12.1 Å². The van der Waals surface area contributed by atoms with Crippen molar-refractivity contribution >= 4 is 55.0 Å². The number of benzene rings is 7. The Balaban J connectivity index is 1.27. The van der Waals surface area contributed by atoms with Gasteiger partial charge in [-0.05, 0) is 103 Å². The standard InChI is InChI=1S/C46H35N/c1-46(2)43-20-12-11-18-40(43)41-26-25-37(30-44(41)46)47(45-29-35-15-7-8-16-38(35)39-17-9-10-19-42(39)45)36-24-23-33-27-32(21-22-34(33)28-36)31-13-5-3-4-6-14-31/h3,5-30H,4H2,1-2H3.